The molecule has 2 aliphatic heterocycles. The summed E-state index contributed by atoms with van der Waals surface area (Å²) < 4.78 is 22.4. The van der Waals surface area contributed by atoms with Crippen molar-refractivity contribution in [1.82, 2.24) is 0 Å². The molecule has 2 rings (SSSR count). The Hall–Kier alpha value is -0.500. The fourth-order valence-corrected chi connectivity index (χ4v) is 2.57. The molecule has 0 saturated carbocycles. The van der Waals surface area contributed by atoms with E-state index in [4.69, 9.17) is 18.9 Å². The van der Waals surface area contributed by atoms with Gasteiger partial charge in [0.1, 0.15) is 30.5 Å². The number of aliphatic hydroxyl groups excluding tert-OH is 2. The van der Waals surface area contributed by atoms with Crippen molar-refractivity contribution in [2.24, 2.45) is 0 Å². The van der Waals surface area contributed by atoms with E-state index in [1.807, 2.05) is 0 Å². The molecule has 116 valence electrons. The highest BCUT2D eigenvalue weighted by atomic mass is 16.8. The first-order valence-electron chi connectivity index (χ1n) is 6.81. The maximum atomic E-state index is 10.5. The van der Waals surface area contributed by atoms with Crippen molar-refractivity contribution < 1.29 is 29.2 Å². The molecule has 1 unspecified atom stereocenters. The Morgan fingerprint density at radius 2 is 1.65 bits per heavy atom. The Kier molecular flexibility index (Phi) is 4.26. The normalized spacial score (nSPS) is 38.6. The molecule has 0 aromatic rings. The third-order valence-corrected chi connectivity index (χ3v) is 3.49. The lowest BCUT2D eigenvalue weighted by Crippen LogP contribution is -2.48. The van der Waals surface area contributed by atoms with Gasteiger partial charge >= 0.3 is 0 Å². The van der Waals surface area contributed by atoms with Crippen LogP contribution in [0.2, 0.25) is 0 Å². The fourth-order valence-electron chi connectivity index (χ4n) is 2.57. The van der Waals surface area contributed by atoms with E-state index in [1.165, 1.54) is 6.08 Å². The van der Waals surface area contributed by atoms with E-state index in [2.05, 4.69) is 6.58 Å². The van der Waals surface area contributed by atoms with Crippen LogP contribution in [0, 0.1) is 0 Å². The molecular formula is C14H24O6. The summed E-state index contributed by atoms with van der Waals surface area (Å²) >= 11 is 0. The quantitative estimate of drug-likeness (QED) is 0.736. The molecule has 0 radical (unpaired) electrons. The molecule has 0 aliphatic carbocycles. The summed E-state index contributed by atoms with van der Waals surface area (Å²) in [6, 6.07) is 0. The molecule has 2 fully saturated rings. The van der Waals surface area contributed by atoms with Gasteiger partial charge in [0.25, 0.3) is 0 Å². The molecule has 6 nitrogen and oxygen atoms in total. The van der Waals surface area contributed by atoms with Crippen LogP contribution in [0.1, 0.15) is 27.7 Å². The summed E-state index contributed by atoms with van der Waals surface area (Å²) in [5, 5.41) is 20.4. The zero-order valence-electron chi connectivity index (χ0n) is 12.4. The van der Waals surface area contributed by atoms with Crippen LogP contribution < -0.4 is 0 Å². The van der Waals surface area contributed by atoms with Crippen molar-refractivity contribution in [1.29, 1.82) is 0 Å². The van der Waals surface area contributed by atoms with Crippen LogP contribution in [-0.2, 0) is 18.9 Å². The van der Waals surface area contributed by atoms with Gasteiger partial charge in [0, 0.05) is 0 Å². The molecule has 6 heteroatoms. The van der Waals surface area contributed by atoms with Crippen molar-refractivity contribution >= 4 is 0 Å². The lowest BCUT2D eigenvalue weighted by atomic mass is 9.99. The van der Waals surface area contributed by atoms with Crippen LogP contribution >= 0.6 is 0 Å². The molecule has 0 aromatic carbocycles. The van der Waals surface area contributed by atoms with Gasteiger partial charge < -0.3 is 29.2 Å². The monoisotopic (exact) mass is 288 g/mol. The zero-order chi connectivity index (χ0) is 15.1. The van der Waals surface area contributed by atoms with Gasteiger partial charge in [-0.05, 0) is 27.7 Å². The third-order valence-electron chi connectivity index (χ3n) is 3.49. The third kappa shape index (κ3) is 3.21. The average molecular weight is 288 g/mol. The molecule has 0 aromatic heterocycles. The fraction of sp³-hybridized carbons (Fsp3) is 0.857. The van der Waals surface area contributed by atoms with E-state index < -0.39 is 42.1 Å². The van der Waals surface area contributed by atoms with Crippen molar-refractivity contribution in [3.8, 4) is 0 Å². The van der Waals surface area contributed by atoms with Gasteiger partial charge in [0.2, 0.25) is 0 Å². The Balaban J connectivity index is 2.11. The smallest absolute Gasteiger partial charge is 0.164 e. The highest BCUT2D eigenvalue weighted by molar-refractivity contribution is 4.99. The summed E-state index contributed by atoms with van der Waals surface area (Å²) in [4.78, 5) is 0. The summed E-state index contributed by atoms with van der Waals surface area (Å²) in [5.74, 6) is -1.61. The number of ether oxygens (including phenoxy) is 4. The predicted octanol–water partition coefficient (Wildman–Crippen LogP) is 0.566. The molecule has 0 bridgehead atoms. The van der Waals surface area contributed by atoms with Crippen LogP contribution in [0.25, 0.3) is 0 Å². The molecule has 5 atom stereocenters. The Morgan fingerprint density at radius 3 is 2.15 bits per heavy atom. The van der Waals surface area contributed by atoms with Crippen LogP contribution in [0.3, 0.4) is 0 Å². The Morgan fingerprint density at radius 1 is 1.05 bits per heavy atom. The molecule has 20 heavy (non-hydrogen) atoms. The van der Waals surface area contributed by atoms with Gasteiger partial charge in [-0.3, -0.25) is 0 Å². The zero-order valence-corrected chi connectivity index (χ0v) is 12.4. The number of aliphatic hydroxyl groups is 2. The maximum Gasteiger partial charge on any atom is 0.164 e. The van der Waals surface area contributed by atoms with Gasteiger partial charge in [0.05, 0.1) is 6.61 Å². The molecule has 2 saturated heterocycles. The first-order chi connectivity index (χ1) is 9.15. The van der Waals surface area contributed by atoms with Gasteiger partial charge in [-0.2, -0.15) is 0 Å². The average Bonchev–Trinajstić information content (AvgIpc) is 2.87. The van der Waals surface area contributed by atoms with Crippen LogP contribution in [-0.4, -0.2) is 58.9 Å². The van der Waals surface area contributed by atoms with E-state index in [1.54, 1.807) is 27.7 Å². The first-order valence-corrected chi connectivity index (χ1v) is 6.81. The van der Waals surface area contributed by atoms with E-state index >= 15 is 0 Å². The van der Waals surface area contributed by atoms with Gasteiger partial charge in [-0.25, -0.2) is 0 Å². The Labute approximate surface area is 119 Å². The second kappa shape index (κ2) is 5.36. The standard InChI is InChI=1S/C14H24O6/c1-6-8(15)11-12(20-14(4,5)19-11)10(16)9-7-17-13(2,3)18-9/h6,8-12,15-16H,1,7H2,2-5H3/t8?,9-,10-,11+,12-/m0/s1. The molecule has 0 spiro atoms. The van der Waals surface area contributed by atoms with Gasteiger partial charge in [-0.15, -0.1) is 6.58 Å². The molecule has 2 aliphatic rings. The summed E-state index contributed by atoms with van der Waals surface area (Å²) in [6.45, 7) is 10.8. The van der Waals surface area contributed by atoms with Crippen molar-refractivity contribution in [3.05, 3.63) is 12.7 Å². The lowest BCUT2D eigenvalue weighted by Gasteiger charge is -2.28. The van der Waals surface area contributed by atoms with Crippen molar-refractivity contribution in [2.45, 2.75) is 69.8 Å². The van der Waals surface area contributed by atoms with E-state index in [0.717, 1.165) is 0 Å². The number of hydrogen-bond donors (Lipinski definition) is 2. The largest absolute Gasteiger partial charge is 0.387 e. The summed E-state index contributed by atoms with van der Waals surface area (Å²) in [7, 11) is 0. The van der Waals surface area contributed by atoms with Gasteiger partial charge in [-0.1, -0.05) is 6.08 Å². The van der Waals surface area contributed by atoms with Crippen molar-refractivity contribution in [2.75, 3.05) is 6.61 Å². The minimum Gasteiger partial charge on any atom is -0.387 e. The number of rotatable bonds is 4. The highest BCUT2D eigenvalue weighted by Gasteiger charge is 2.51. The second-order valence-electron chi connectivity index (χ2n) is 6.15. The minimum absolute atomic E-state index is 0.269. The van der Waals surface area contributed by atoms with Gasteiger partial charge in [0.15, 0.2) is 11.6 Å². The van der Waals surface area contributed by atoms with E-state index in [-0.39, 0.29) is 6.61 Å². The first kappa shape index (κ1) is 15.9. The topological polar surface area (TPSA) is 77.4 Å². The van der Waals surface area contributed by atoms with E-state index in [0.29, 0.717) is 0 Å². The summed E-state index contributed by atoms with van der Waals surface area (Å²) in [6.07, 6.45) is -2.44. The molecule has 2 N–H and O–H groups in total. The minimum atomic E-state index is -0.960. The summed E-state index contributed by atoms with van der Waals surface area (Å²) in [5.41, 5.74) is 0. The molecule has 2 heterocycles. The van der Waals surface area contributed by atoms with Crippen molar-refractivity contribution in [3.63, 3.8) is 0 Å². The lowest BCUT2D eigenvalue weighted by molar-refractivity contribution is -0.179. The number of hydrogen-bond acceptors (Lipinski definition) is 6. The van der Waals surface area contributed by atoms with Crippen LogP contribution in [0.15, 0.2) is 12.7 Å². The SMILES string of the molecule is C=CC(O)[C@H]1OC(C)(C)O[C@H]1[C@@H](O)[C@@H]1COC(C)(C)O1. The molecule has 0 amide bonds. The Bertz CT molecular complexity index is 367. The highest BCUT2D eigenvalue weighted by Crippen LogP contribution is 2.35. The predicted molar refractivity (Wildman–Crippen MR) is 70.9 cm³/mol. The maximum absolute atomic E-state index is 10.5. The van der Waals surface area contributed by atoms with Crippen LogP contribution in [0.4, 0.5) is 0 Å². The second-order valence-corrected chi connectivity index (χ2v) is 6.15. The molecular weight excluding hydrogens is 264 g/mol. The van der Waals surface area contributed by atoms with E-state index in [9.17, 15) is 10.2 Å². The van der Waals surface area contributed by atoms with Crippen LogP contribution in [0.5, 0.6) is 0 Å².